The number of aromatic nitrogens is 2. The molecule has 1 amide bonds. The zero-order valence-electron chi connectivity index (χ0n) is 18.3. The average molecular weight is 416 g/mol. The van der Waals surface area contributed by atoms with Crippen molar-refractivity contribution in [2.75, 3.05) is 32.9 Å². The van der Waals surface area contributed by atoms with Crippen LogP contribution in [0.25, 0.3) is 10.9 Å². The summed E-state index contributed by atoms with van der Waals surface area (Å²) in [5, 5.41) is 5.41. The van der Waals surface area contributed by atoms with Gasteiger partial charge in [0.15, 0.2) is 5.69 Å². The Hall–Kier alpha value is -1.96. The standard InChI is InChI=1S/C23H33N3O4/c1-17(2)28-14-15-29-18-8-13-30-23(16-18)9-11-26(12-10-23)22(27)21-19-6-4-5-7-20(19)25(3)24-21/h4-7,17-18H,8-16H2,1-3H3. The zero-order valence-corrected chi connectivity index (χ0v) is 18.3. The monoisotopic (exact) mass is 415 g/mol. The van der Waals surface area contributed by atoms with Crippen molar-refractivity contribution in [3.8, 4) is 0 Å². The second kappa shape index (κ2) is 9.04. The molecule has 1 unspecified atom stereocenters. The first-order chi connectivity index (χ1) is 14.5. The molecule has 0 saturated carbocycles. The number of piperidine rings is 1. The number of hydrogen-bond acceptors (Lipinski definition) is 5. The number of likely N-dealkylation sites (tertiary alicyclic amines) is 1. The SMILES string of the molecule is CC(C)OCCOC1CCOC2(CCN(C(=O)c3nn(C)c4ccccc34)CC2)C1. The summed E-state index contributed by atoms with van der Waals surface area (Å²) in [6.07, 6.45) is 3.93. The average Bonchev–Trinajstić information content (AvgIpc) is 3.08. The quantitative estimate of drug-likeness (QED) is 0.678. The van der Waals surface area contributed by atoms with Crippen molar-refractivity contribution in [1.82, 2.24) is 14.7 Å². The molecule has 1 aromatic carbocycles. The predicted molar refractivity (Wildman–Crippen MR) is 115 cm³/mol. The maximum Gasteiger partial charge on any atom is 0.275 e. The number of hydrogen-bond donors (Lipinski definition) is 0. The molecule has 2 aliphatic rings. The van der Waals surface area contributed by atoms with E-state index in [1.807, 2.05) is 50.1 Å². The third kappa shape index (κ3) is 4.53. The van der Waals surface area contributed by atoms with E-state index in [0.29, 0.717) is 38.6 Å². The molecule has 30 heavy (non-hydrogen) atoms. The summed E-state index contributed by atoms with van der Waals surface area (Å²) in [4.78, 5) is 15.1. The highest BCUT2D eigenvalue weighted by molar-refractivity contribution is 6.04. The summed E-state index contributed by atoms with van der Waals surface area (Å²) in [6, 6.07) is 7.88. The third-order valence-electron chi connectivity index (χ3n) is 6.26. The molecule has 2 fully saturated rings. The highest BCUT2D eigenvalue weighted by Gasteiger charge is 2.42. The van der Waals surface area contributed by atoms with Crippen LogP contribution >= 0.6 is 0 Å². The maximum absolute atomic E-state index is 13.2. The minimum absolute atomic E-state index is 0.0103. The van der Waals surface area contributed by atoms with E-state index in [2.05, 4.69) is 5.10 Å². The number of rotatable bonds is 6. The van der Waals surface area contributed by atoms with Crippen molar-refractivity contribution in [1.29, 1.82) is 0 Å². The molecule has 1 atom stereocenters. The lowest BCUT2D eigenvalue weighted by molar-refractivity contribution is -0.156. The molecule has 0 aliphatic carbocycles. The van der Waals surface area contributed by atoms with Crippen molar-refractivity contribution >= 4 is 16.8 Å². The van der Waals surface area contributed by atoms with Gasteiger partial charge in [0, 0.05) is 38.6 Å². The number of benzene rings is 1. The van der Waals surface area contributed by atoms with Crippen LogP contribution in [0.1, 0.15) is 50.0 Å². The van der Waals surface area contributed by atoms with Crippen LogP contribution in [-0.4, -0.2) is 71.3 Å². The lowest BCUT2D eigenvalue weighted by atomic mass is 9.83. The van der Waals surface area contributed by atoms with Crippen LogP contribution in [0.4, 0.5) is 0 Å². The molecular weight excluding hydrogens is 382 g/mol. The predicted octanol–water partition coefficient (Wildman–Crippen LogP) is 3.17. The van der Waals surface area contributed by atoms with Gasteiger partial charge in [0.1, 0.15) is 0 Å². The molecule has 164 valence electrons. The highest BCUT2D eigenvalue weighted by atomic mass is 16.5. The number of carbonyl (C=O) groups excluding carboxylic acids is 1. The molecule has 4 rings (SSSR count). The van der Waals surface area contributed by atoms with Gasteiger partial charge in [-0.15, -0.1) is 0 Å². The van der Waals surface area contributed by atoms with Gasteiger partial charge in [-0.3, -0.25) is 9.48 Å². The lowest BCUT2D eigenvalue weighted by Gasteiger charge is -2.46. The van der Waals surface area contributed by atoms with Gasteiger partial charge in [-0.05, 0) is 39.2 Å². The molecule has 7 heteroatoms. The molecular formula is C23H33N3O4. The fraction of sp³-hybridized carbons (Fsp3) is 0.652. The number of ether oxygens (including phenoxy) is 3. The van der Waals surface area contributed by atoms with Crippen LogP contribution in [0.3, 0.4) is 0 Å². The summed E-state index contributed by atoms with van der Waals surface area (Å²) in [5.41, 5.74) is 1.34. The van der Waals surface area contributed by atoms with Gasteiger partial charge in [-0.2, -0.15) is 5.10 Å². The number of para-hydroxylation sites is 1. The van der Waals surface area contributed by atoms with Crippen LogP contribution in [0.5, 0.6) is 0 Å². The molecule has 0 N–H and O–H groups in total. The molecule has 7 nitrogen and oxygen atoms in total. The lowest BCUT2D eigenvalue weighted by Crippen LogP contribution is -2.52. The number of nitrogens with zero attached hydrogens (tertiary/aromatic N) is 3. The Balaban J connectivity index is 1.34. The van der Waals surface area contributed by atoms with Crippen LogP contribution in [0, 0.1) is 0 Å². The van der Waals surface area contributed by atoms with Crippen molar-refractivity contribution in [2.45, 2.75) is 57.3 Å². The number of aryl methyl sites for hydroxylation is 1. The normalized spacial score (nSPS) is 21.6. The fourth-order valence-electron chi connectivity index (χ4n) is 4.61. The Bertz CT molecular complexity index is 870. The van der Waals surface area contributed by atoms with Gasteiger partial charge in [-0.25, -0.2) is 0 Å². The van der Waals surface area contributed by atoms with Crippen LogP contribution in [0.15, 0.2) is 24.3 Å². The first-order valence-corrected chi connectivity index (χ1v) is 11.1. The summed E-state index contributed by atoms with van der Waals surface area (Å²) < 4.78 is 19.6. The molecule has 1 spiro atoms. The van der Waals surface area contributed by atoms with Crippen molar-refractivity contribution < 1.29 is 19.0 Å². The summed E-state index contributed by atoms with van der Waals surface area (Å²) in [5.74, 6) is 0.0103. The van der Waals surface area contributed by atoms with E-state index in [0.717, 1.165) is 36.6 Å². The van der Waals surface area contributed by atoms with E-state index < -0.39 is 0 Å². The summed E-state index contributed by atoms with van der Waals surface area (Å²) in [6.45, 7) is 7.41. The Labute approximate surface area is 178 Å². The fourth-order valence-corrected chi connectivity index (χ4v) is 4.61. The van der Waals surface area contributed by atoms with Gasteiger partial charge < -0.3 is 19.1 Å². The maximum atomic E-state index is 13.2. The van der Waals surface area contributed by atoms with Crippen molar-refractivity contribution in [3.63, 3.8) is 0 Å². The molecule has 0 bridgehead atoms. The zero-order chi connectivity index (χ0) is 21.1. The molecule has 2 aromatic rings. The van der Waals surface area contributed by atoms with Gasteiger partial charge in [0.25, 0.3) is 5.91 Å². The Morgan fingerprint density at radius 2 is 2.03 bits per heavy atom. The number of amides is 1. The second-order valence-corrected chi connectivity index (χ2v) is 8.72. The first-order valence-electron chi connectivity index (χ1n) is 11.1. The van der Waals surface area contributed by atoms with Crippen LogP contribution in [-0.2, 0) is 21.3 Å². The molecule has 2 saturated heterocycles. The van der Waals surface area contributed by atoms with Crippen molar-refractivity contribution in [3.05, 3.63) is 30.0 Å². The van der Waals surface area contributed by atoms with Crippen LogP contribution < -0.4 is 0 Å². The van der Waals surface area contributed by atoms with Crippen LogP contribution in [0.2, 0.25) is 0 Å². The minimum atomic E-state index is -0.176. The van der Waals surface area contributed by atoms with E-state index in [1.165, 1.54) is 0 Å². The summed E-state index contributed by atoms with van der Waals surface area (Å²) >= 11 is 0. The van der Waals surface area contributed by atoms with E-state index in [4.69, 9.17) is 14.2 Å². The smallest absolute Gasteiger partial charge is 0.275 e. The Morgan fingerprint density at radius 3 is 2.80 bits per heavy atom. The van der Waals surface area contributed by atoms with Gasteiger partial charge >= 0.3 is 0 Å². The Kier molecular flexibility index (Phi) is 6.41. The molecule has 0 radical (unpaired) electrons. The molecule has 3 heterocycles. The highest BCUT2D eigenvalue weighted by Crippen LogP contribution is 2.36. The molecule has 2 aliphatic heterocycles. The van der Waals surface area contributed by atoms with Crippen molar-refractivity contribution in [2.24, 2.45) is 7.05 Å². The molecule has 1 aromatic heterocycles. The van der Waals surface area contributed by atoms with E-state index in [9.17, 15) is 4.79 Å². The topological polar surface area (TPSA) is 65.8 Å². The van der Waals surface area contributed by atoms with E-state index in [1.54, 1.807) is 4.68 Å². The third-order valence-corrected chi connectivity index (χ3v) is 6.26. The summed E-state index contributed by atoms with van der Waals surface area (Å²) in [7, 11) is 1.88. The van der Waals surface area contributed by atoms with E-state index in [-0.39, 0.29) is 23.7 Å². The largest absolute Gasteiger partial charge is 0.376 e. The Morgan fingerprint density at radius 1 is 1.27 bits per heavy atom. The van der Waals surface area contributed by atoms with E-state index >= 15 is 0 Å². The minimum Gasteiger partial charge on any atom is -0.376 e. The van der Waals surface area contributed by atoms with Gasteiger partial charge in [0.05, 0.1) is 36.5 Å². The first kappa shape index (κ1) is 21.3. The van der Waals surface area contributed by atoms with Gasteiger partial charge in [0.2, 0.25) is 0 Å². The second-order valence-electron chi connectivity index (χ2n) is 8.72. The van der Waals surface area contributed by atoms with Gasteiger partial charge in [-0.1, -0.05) is 18.2 Å². The number of carbonyl (C=O) groups is 1. The number of fused-ring (bicyclic) bond motifs is 1.